The van der Waals surface area contributed by atoms with E-state index in [0.717, 1.165) is 0 Å². The van der Waals surface area contributed by atoms with Crippen molar-refractivity contribution in [1.29, 1.82) is 0 Å². The Hall–Kier alpha value is -0.378. The number of aliphatic carboxylic acids is 1. The molecule has 0 heterocycles. The molecular formula is C6H15N3O3Pb. The molecule has 0 saturated carbocycles. The van der Waals surface area contributed by atoms with Gasteiger partial charge in [0, 0.05) is 6.54 Å². The minimum atomic E-state index is -1.03. The number of carboxylic acid groups (broad SMARTS) is 1. The Morgan fingerprint density at radius 2 is 2.00 bits per heavy atom. The van der Waals surface area contributed by atoms with Gasteiger partial charge in [-0.05, 0) is 12.8 Å². The number of nitrogens with one attached hydrogen (secondary N) is 1. The summed E-state index contributed by atoms with van der Waals surface area (Å²) >= 11 is 0. The van der Waals surface area contributed by atoms with Crippen LogP contribution in [0.2, 0.25) is 0 Å². The maximum absolute atomic E-state index is 10.2. The first-order chi connectivity index (χ1) is 5.54. The van der Waals surface area contributed by atoms with E-state index in [2.05, 4.69) is 5.32 Å². The van der Waals surface area contributed by atoms with Gasteiger partial charge in [0.05, 0.1) is 0 Å². The number of amides is 2. The number of rotatable bonds is 5. The molecule has 0 unspecified atom stereocenters. The summed E-state index contributed by atoms with van der Waals surface area (Å²) < 4.78 is 0. The second-order valence-electron chi connectivity index (χ2n) is 2.38. The molecule has 0 spiro atoms. The fourth-order valence-electron chi connectivity index (χ4n) is 0.657. The molecule has 6 N–H and O–H groups in total. The zero-order valence-electron chi connectivity index (χ0n) is 7.32. The van der Waals surface area contributed by atoms with Crippen LogP contribution in [0, 0.1) is 0 Å². The second kappa shape index (κ2) is 8.23. The molecule has 7 heteroatoms. The van der Waals surface area contributed by atoms with Crippen molar-refractivity contribution in [3.05, 3.63) is 0 Å². The van der Waals surface area contributed by atoms with Crippen LogP contribution in [-0.4, -0.2) is 57.0 Å². The Morgan fingerprint density at radius 3 is 2.38 bits per heavy atom. The average Bonchev–Trinajstić information content (AvgIpc) is 1.97. The summed E-state index contributed by atoms with van der Waals surface area (Å²) in [5.74, 6) is -1.03. The molecule has 0 fully saturated rings. The summed E-state index contributed by atoms with van der Waals surface area (Å²) in [6, 6.07) is -1.47. The van der Waals surface area contributed by atoms with Crippen LogP contribution in [0.5, 0.6) is 0 Å². The van der Waals surface area contributed by atoms with Crippen molar-refractivity contribution >= 4 is 39.3 Å². The van der Waals surface area contributed by atoms with Gasteiger partial charge in [0.2, 0.25) is 0 Å². The number of primary amides is 1. The summed E-state index contributed by atoms with van der Waals surface area (Å²) in [4.78, 5) is 20.3. The van der Waals surface area contributed by atoms with Gasteiger partial charge in [0.25, 0.3) is 0 Å². The van der Waals surface area contributed by atoms with Gasteiger partial charge in [-0.1, -0.05) is 0 Å². The van der Waals surface area contributed by atoms with Crippen molar-refractivity contribution in [2.24, 2.45) is 11.5 Å². The van der Waals surface area contributed by atoms with E-state index in [1.807, 2.05) is 0 Å². The van der Waals surface area contributed by atoms with Crippen molar-refractivity contribution in [2.45, 2.75) is 18.9 Å². The third kappa shape index (κ3) is 9.54. The van der Waals surface area contributed by atoms with Crippen molar-refractivity contribution < 1.29 is 14.7 Å². The molecule has 0 aromatic rings. The van der Waals surface area contributed by atoms with Crippen LogP contribution < -0.4 is 16.8 Å². The van der Waals surface area contributed by atoms with Crippen LogP contribution in [0.3, 0.4) is 0 Å². The molecule has 76 valence electrons. The van der Waals surface area contributed by atoms with Crippen LogP contribution in [0.4, 0.5) is 4.79 Å². The molecule has 0 aliphatic carbocycles. The molecule has 6 nitrogen and oxygen atoms in total. The Kier molecular flexibility index (Phi) is 9.57. The fourth-order valence-corrected chi connectivity index (χ4v) is 0.657. The molecule has 2 radical (unpaired) electrons. The number of urea groups is 1. The first-order valence-electron chi connectivity index (χ1n) is 3.55. The first kappa shape index (κ1) is 15.1. The van der Waals surface area contributed by atoms with Crippen LogP contribution in [-0.2, 0) is 4.79 Å². The summed E-state index contributed by atoms with van der Waals surface area (Å²) in [6.07, 6.45) is 0.839. The molecule has 0 aromatic heterocycles. The number of hydrogen-bond donors (Lipinski definition) is 4. The predicted molar refractivity (Wildman–Crippen MR) is 51.0 cm³/mol. The number of hydrogen-bond acceptors (Lipinski definition) is 3. The van der Waals surface area contributed by atoms with Crippen LogP contribution in [0.15, 0.2) is 0 Å². The monoisotopic (exact) mass is 385 g/mol. The molecule has 0 aliphatic rings. The standard InChI is InChI=1S/C6H13N3O3.Pb.2H/c7-4(5(10)11)2-1-3-9-6(8)12;;;/h4H,1-3,7H2,(H,10,11)(H3,8,9,12);;;/t4-;;;/m0.../s1. The molecule has 0 rings (SSSR count). The zero-order valence-corrected chi connectivity index (χ0v) is 12.8. The van der Waals surface area contributed by atoms with Gasteiger partial charge >= 0.3 is 39.3 Å². The van der Waals surface area contributed by atoms with Gasteiger partial charge in [-0.3, -0.25) is 4.79 Å². The summed E-state index contributed by atoms with van der Waals surface area (Å²) in [5, 5.41) is 10.7. The van der Waals surface area contributed by atoms with E-state index in [9.17, 15) is 9.59 Å². The normalized spacial score (nSPS) is 11.2. The third-order valence-electron chi connectivity index (χ3n) is 1.31. The Morgan fingerprint density at radius 1 is 1.46 bits per heavy atom. The number of nitrogens with two attached hydrogens (primary N) is 2. The van der Waals surface area contributed by atoms with E-state index >= 15 is 0 Å². The van der Waals surface area contributed by atoms with E-state index in [4.69, 9.17) is 16.6 Å². The molecule has 0 aromatic carbocycles. The minimum absolute atomic E-state index is 0. The molecule has 0 aliphatic heterocycles. The van der Waals surface area contributed by atoms with E-state index in [0.29, 0.717) is 19.4 Å². The molecule has 2 amide bonds. The SMILES string of the molecule is NC(=O)NCCC[C@H](N)C(=O)O.[PbH2]. The van der Waals surface area contributed by atoms with Crippen molar-refractivity contribution in [1.82, 2.24) is 5.32 Å². The van der Waals surface area contributed by atoms with Crippen LogP contribution in [0.1, 0.15) is 12.8 Å². The van der Waals surface area contributed by atoms with Gasteiger partial charge in [-0.15, -0.1) is 0 Å². The molecular weight excluding hydrogens is 369 g/mol. The summed E-state index contributed by atoms with van der Waals surface area (Å²) in [6.45, 7) is 0.357. The second-order valence-corrected chi connectivity index (χ2v) is 2.38. The van der Waals surface area contributed by atoms with Gasteiger partial charge in [0.15, 0.2) is 0 Å². The molecule has 13 heavy (non-hydrogen) atoms. The van der Waals surface area contributed by atoms with Gasteiger partial charge in [-0.2, -0.15) is 0 Å². The van der Waals surface area contributed by atoms with Gasteiger partial charge in [0.1, 0.15) is 6.04 Å². The zero-order chi connectivity index (χ0) is 9.56. The molecule has 0 saturated heterocycles. The quantitative estimate of drug-likeness (QED) is 0.322. The Labute approximate surface area is 96.2 Å². The summed E-state index contributed by atoms with van der Waals surface area (Å²) in [5.41, 5.74) is 9.96. The van der Waals surface area contributed by atoms with Crippen molar-refractivity contribution in [2.75, 3.05) is 6.54 Å². The summed E-state index contributed by atoms with van der Waals surface area (Å²) in [7, 11) is 0. The fraction of sp³-hybridized carbons (Fsp3) is 0.667. The van der Waals surface area contributed by atoms with Crippen molar-refractivity contribution in [3.8, 4) is 0 Å². The number of carboxylic acids is 1. The number of carbonyl (C=O) groups is 2. The van der Waals surface area contributed by atoms with Gasteiger partial charge < -0.3 is 21.9 Å². The van der Waals surface area contributed by atoms with Gasteiger partial charge in [-0.25, -0.2) is 4.79 Å². The van der Waals surface area contributed by atoms with E-state index in [1.54, 1.807) is 0 Å². The first-order valence-corrected chi connectivity index (χ1v) is 3.55. The van der Waals surface area contributed by atoms with Crippen LogP contribution >= 0.6 is 0 Å². The Bertz CT molecular complexity index is 177. The van der Waals surface area contributed by atoms with E-state index in [1.165, 1.54) is 0 Å². The van der Waals surface area contributed by atoms with Crippen LogP contribution in [0.25, 0.3) is 0 Å². The Balaban J connectivity index is 0. The van der Waals surface area contributed by atoms with E-state index in [-0.39, 0.29) is 27.3 Å². The molecule has 1 atom stereocenters. The van der Waals surface area contributed by atoms with Crippen molar-refractivity contribution in [3.63, 3.8) is 0 Å². The van der Waals surface area contributed by atoms with E-state index < -0.39 is 18.0 Å². The number of carbonyl (C=O) groups excluding carboxylic acids is 1. The third-order valence-corrected chi connectivity index (χ3v) is 1.31. The molecule has 0 bridgehead atoms. The topological polar surface area (TPSA) is 118 Å². The predicted octanol–water partition coefficient (Wildman–Crippen LogP) is -2.07. The average molecular weight is 384 g/mol. The maximum atomic E-state index is 10.2.